The van der Waals surface area contributed by atoms with Gasteiger partial charge < -0.3 is 0 Å². The SMILES string of the molecule is CCc1c(F)cccc1F.CCc1cc(C)cc(Cl)c1.CCc1cc(C)cc(F)c1.CCc1ccc(C)cc1.CCc1ccc(F)cc1.CCc1ccccc1. The minimum atomic E-state index is -0.456. The third-order valence-corrected chi connectivity index (χ3v) is 8.76. The van der Waals surface area contributed by atoms with Crippen LogP contribution in [0.15, 0.2) is 133 Å². The molecule has 6 aromatic carbocycles. The van der Waals surface area contributed by atoms with Gasteiger partial charge in [-0.15, -0.1) is 0 Å². The molecule has 0 radical (unpaired) electrons. The van der Waals surface area contributed by atoms with Gasteiger partial charge in [-0.25, -0.2) is 17.6 Å². The Morgan fingerprint density at radius 3 is 1.18 bits per heavy atom. The zero-order chi connectivity index (χ0) is 41.9. The lowest BCUT2D eigenvalue weighted by molar-refractivity contribution is 0.559. The number of hydrogen-bond acceptors (Lipinski definition) is 0. The molecule has 0 saturated heterocycles. The molecule has 6 rings (SSSR count). The Labute approximate surface area is 340 Å². The lowest BCUT2D eigenvalue weighted by Gasteiger charge is -1.98. The van der Waals surface area contributed by atoms with Gasteiger partial charge in [0.25, 0.3) is 0 Å². The Morgan fingerprint density at radius 1 is 0.357 bits per heavy atom. The van der Waals surface area contributed by atoms with Crippen molar-refractivity contribution in [2.45, 2.75) is 101 Å². The molecule has 0 atom stereocenters. The summed E-state index contributed by atoms with van der Waals surface area (Å²) in [5, 5.41) is 0.844. The molecule has 0 amide bonds. The lowest BCUT2D eigenvalue weighted by atomic mass is 10.1. The number of halogens is 5. The predicted octanol–water partition coefficient (Wildman–Crippen LogP) is 15.6. The van der Waals surface area contributed by atoms with E-state index in [1.807, 2.05) is 45.0 Å². The summed E-state index contributed by atoms with van der Waals surface area (Å²) >= 11 is 5.83. The van der Waals surface area contributed by atoms with Gasteiger partial charge in [0.1, 0.15) is 23.3 Å². The highest BCUT2D eigenvalue weighted by Gasteiger charge is 2.03. The van der Waals surface area contributed by atoms with Crippen LogP contribution in [-0.2, 0) is 38.5 Å². The normalized spacial score (nSPS) is 9.68. The molecule has 0 aliphatic carbocycles. The van der Waals surface area contributed by atoms with Crippen molar-refractivity contribution >= 4 is 11.6 Å². The summed E-state index contributed by atoms with van der Waals surface area (Å²) in [6.07, 6.45) is 5.61. The summed E-state index contributed by atoms with van der Waals surface area (Å²) in [4.78, 5) is 0. The number of aryl methyl sites for hydroxylation is 8. The van der Waals surface area contributed by atoms with E-state index >= 15 is 0 Å². The lowest BCUT2D eigenvalue weighted by Crippen LogP contribution is -1.91. The highest BCUT2D eigenvalue weighted by atomic mass is 35.5. The van der Waals surface area contributed by atoms with E-state index in [1.54, 1.807) is 31.2 Å². The monoisotopic (exact) mass is 784 g/mol. The molecule has 300 valence electrons. The Balaban J connectivity index is 0.000000337. The van der Waals surface area contributed by atoms with Gasteiger partial charge in [-0.2, -0.15) is 0 Å². The summed E-state index contributed by atoms with van der Waals surface area (Å²) in [5.41, 5.74) is 10.1. The first-order valence-corrected chi connectivity index (χ1v) is 19.9. The van der Waals surface area contributed by atoms with Gasteiger partial charge in [0.05, 0.1) is 0 Å². The third kappa shape index (κ3) is 21.4. The van der Waals surface area contributed by atoms with E-state index in [2.05, 4.69) is 89.2 Å². The van der Waals surface area contributed by atoms with Crippen molar-refractivity contribution in [1.29, 1.82) is 0 Å². The fraction of sp³-hybridized carbons (Fsp3) is 0.294. The maximum atomic E-state index is 12.6. The molecule has 0 N–H and O–H groups in total. The van der Waals surface area contributed by atoms with Crippen molar-refractivity contribution in [3.63, 3.8) is 0 Å². The molecule has 5 heteroatoms. The Hall–Kier alpha value is -4.67. The average Bonchev–Trinajstić information content (AvgIpc) is 3.19. The van der Waals surface area contributed by atoms with Gasteiger partial charge >= 0.3 is 0 Å². The smallest absolute Gasteiger partial charge is 0.129 e. The van der Waals surface area contributed by atoms with Crippen LogP contribution < -0.4 is 0 Å². The second-order valence-electron chi connectivity index (χ2n) is 13.2. The van der Waals surface area contributed by atoms with E-state index in [0.29, 0.717) is 6.42 Å². The predicted molar refractivity (Wildman–Crippen MR) is 234 cm³/mol. The van der Waals surface area contributed by atoms with E-state index in [-0.39, 0.29) is 17.2 Å². The van der Waals surface area contributed by atoms with Crippen molar-refractivity contribution < 1.29 is 17.6 Å². The average molecular weight is 785 g/mol. The van der Waals surface area contributed by atoms with Gasteiger partial charge in [-0.05, 0) is 147 Å². The summed E-state index contributed by atoms with van der Waals surface area (Å²) in [6.45, 7) is 18.3. The molecular weight excluding hydrogens is 724 g/mol. The highest BCUT2D eigenvalue weighted by Crippen LogP contribution is 2.15. The fourth-order valence-corrected chi connectivity index (χ4v) is 5.47. The zero-order valence-electron chi connectivity index (χ0n) is 34.8. The van der Waals surface area contributed by atoms with Gasteiger partial charge in [-0.1, -0.05) is 144 Å². The summed E-state index contributed by atoms with van der Waals surface area (Å²) in [7, 11) is 0. The number of benzene rings is 6. The van der Waals surface area contributed by atoms with Gasteiger partial charge in [0, 0.05) is 10.6 Å². The third-order valence-electron chi connectivity index (χ3n) is 8.54. The van der Waals surface area contributed by atoms with E-state index in [1.165, 1.54) is 63.7 Å². The highest BCUT2D eigenvalue weighted by molar-refractivity contribution is 6.30. The van der Waals surface area contributed by atoms with Crippen LogP contribution in [0.2, 0.25) is 5.02 Å². The van der Waals surface area contributed by atoms with Crippen molar-refractivity contribution in [3.05, 3.63) is 212 Å². The second kappa shape index (κ2) is 28.7. The molecule has 0 spiro atoms. The van der Waals surface area contributed by atoms with Crippen LogP contribution in [0.3, 0.4) is 0 Å². The van der Waals surface area contributed by atoms with Crippen LogP contribution in [0.1, 0.15) is 91.6 Å². The van der Waals surface area contributed by atoms with Crippen LogP contribution >= 0.6 is 11.6 Å². The molecule has 6 aromatic rings. The first kappa shape index (κ1) is 49.3. The summed E-state index contributed by atoms with van der Waals surface area (Å²) in [5.74, 6) is -1.20. The molecule has 0 fully saturated rings. The summed E-state index contributed by atoms with van der Waals surface area (Å²) < 4.78 is 50.1. The van der Waals surface area contributed by atoms with Crippen LogP contribution in [0, 0.1) is 44.0 Å². The van der Waals surface area contributed by atoms with Gasteiger partial charge in [-0.3, -0.25) is 0 Å². The van der Waals surface area contributed by atoms with E-state index < -0.39 is 11.6 Å². The first-order chi connectivity index (χ1) is 26.8. The minimum absolute atomic E-state index is 0.128. The molecule has 0 aliphatic rings. The largest absolute Gasteiger partial charge is 0.207 e. The molecule has 0 heterocycles. The van der Waals surface area contributed by atoms with Crippen molar-refractivity contribution in [1.82, 2.24) is 0 Å². The number of hydrogen-bond donors (Lipinski definition) is 0. The molecule has 0 aliphatic heterocycles. The van der Waals surface area contributed by atoms with E-state index in [0.717, 1.165) is 48.3 Å². The van der Waals surface area contributed by atoms with Crippen molar-refractivity contribution in [2.75, 3.05) is 0 Å². The van der Waals surface area contributed by atoms with Crippen LogP contribution in [-0.4, -0.2) is 0 Å². The number of rotatable bonds is 6. The van der Waals surface area contributed by atoms with Crippen molar-refractivity contribution in [2.24, 2.45) is 0 Å². The Bertz CT molecular complexity index is 1760. The molecule has 0 unspecified atom stereocenters. The Morgan fingerprint density at radius 2 is 0.786 bits per heavy atom. The zero-order valence-corrected chi connectivity index (χ0v) is 35.6. The fourth-order valence-electron chi connectivity index (χ4n) is 5.16. The van der Waals surface area contributed by atoms with Gasteiger partial charge in [0.2, 0.25) is 0 Å². The molecular formula is C51H61ClF4. The maximum Gasteiger partial charge on any atom is 0.129 e. The van der Waals surface area contributed by atoms with Crippen LogP contribution in [0.25, 0.3) is 0 Å². The molecule has 0 aromatic heterocycles. The van der Waals surface area contributed by atoms with Crippen molar-refractivity contribution in [3.8, 4) is 0 Å². The molecule has 0 bridgehead atoms. The van der Waals surface area contributed by atoms with E-state index in [4.69, 9.17) is 11.6 Å². The van der Waals surface area contributed by atoms with Crippen LogP contribution in [0.4, 0.5) is 17.6 Å². The topological polar surface area (TPSA) is 0 Å². The standard InChI is InChI=1S/C9H11Cl.C9H11F.C9H12.C8H8F2.C8H9F.C8H10/c2*1-3-8-4-7(2)5-9(10)6-8;1-3-9-6-4-8(2)5-7-9;1-2-6-7(9)4-3-5-8(6)10;1-2-7-3-5-8(9)6-4-7;1-2-8-6-4-3-5-7-8/h2*4-6H,3H2,1-2H3;4-7H,3H2,1-2H3;3-5H,2H2,1H3;3-6H,2H2,1H3;3-7H,2H2,1H3. The van der Waals surface area contributed by atoms with E-state index in [9.17, 15) is 17.6 Å². The maximum absolute atomic E-state index is 12.6. The second-order valence-corrected chi connectivity index (χ2v) is 13.6. The quantitative estimate of drug-likeness (QED) is 0.148. The molecule has 0 nitrogen and oxygen atoms in total. The summed E-state index contributed by atoms with van der Waals surface area (Å²) in [6, 6.07) is 40.8. The minimum Gasteiger partial charge on any atom is -0.207 e. The molecule has 56 heavy (non-hydrogen) atoms. The van der Waals surface area contributed by atoms with Crippen LogP contribution in [0.5, 0.6) is 0 Å². The first-order valence-electron chi connectivity index (χ1n) is 19.6. The molecule has 0 saturated carbocycles. The Kier molecular flexibility index (Phi) is 25.3. The van der Waals surface area contributed by atoms with Gasteiger partial charge in [0.15, 0.2) is 0 Å².